The third-order valence-corrected chi connectivity index (χ3v) is 7.59. The van der Waals surface area contributed by atoms with E-state index in [2.05, 4.69) is 10.3 Å². The van der Waals surface area contributed by atoms with Gasteiger partial charge in [0, 0.05) is 44.1 Å². The van der Waals surface area contributed by atoms with E-state index in [0.29, 0.717) is 12.8 Å². The molecule has 12 heteroatoms. The van der Waals surface area contributed by atoms with Crippen molar-refractivity contribution in [3.8, 4) is 0 Å². The maximum Gasteiger partial charge on any atom is 0.416 e. The molecule has 0 spiro atoms. The molecule has 2 fully saturated rings. The summed E-state index contributed by atoms with van der Waals surface area (Å²) < 4.78 is 90.4. The highest BCUT2D eigenvalue weighted by molar-refractivity contribution is 7.91. The topological polar surface area (TPSA) is 86.1 Å². The number of nitrogens with one attached hydrogen (secondary N) is 2. The van der Waals surface area contributed by atoms with Crippen LogP contribution in [0.5, 0.6) is 0 Å². The van der Waals surface area contributed by atoms with Crippen LogP contribution in [-0.2, 0) is 15.9 Å². The molecule has 4 rings (SSSR count). The lowest BCUT2D eigenvalue weighted by Gasteiger charge is -2.29. The zero-order valence-corrected chi connectivity index (χ0v) is 20.7. The van der Waals surface area contributed by atoms with Gasteiger partial charge in [0.15, 0.2) is 0 Å². The summed E-state index contributed by atoms with van der Waals surface area (Å²) in [4.78, 5) is 18.9. The summed E-state index contributed by atoms with van der Waals surface area (Å²) in [6.45, 7) is 1.32. The Kier molecular flexibility index (Phi) is 6.78. The van der Waals surface area contributed by atoms with Crippen LogP contribution < -0.4 is 10.2 Å². The Morgan fingerprint density at radius 2 is 1.92 bits per heavy atom. The minimum Gasteiger partial charge on any atom is -0.371 e. The van der Waals surface area contributed by atoms with E-state index in [-0.39, 0.29) is 64.9 Å². The number of amides is 1. The van der Waals surface area contributed by atoms with Crippen molar-refractivity contribution in [1.29, 1.82) is 4.78 Å². The number of nitrogens with zero attached hydrogens (tertiary/aromatic N) is 2. The molecule has 196 valence electrons. The number of alkyl halides is 5. The largest absolute Gasteiger partial charge is 0.416 e. The molecule has 6 nitrogen and oxygen atoms in total. The Labute approximate surface area is 206 Å². The number of anilines is 2. The van der Waals surface area contributed by atoms with Crippen LogP contribution in [0.25, 0.3) is 0 Å². The van der Waals surface area contributed by atoms with Crippen molar-refractivity contribution in [2.24, 2.45) is 0 Å². The minimum absolute atomic E-state index is 0.0907. The van der Waals surface area contributed by atoms with Gasteiger partial charge in [-0.2, -0.15) is 13.2 Å². The fourth-order valence-electron chi connectivity index (χ4n) is 4.65. The van der Waals surface area contributed by atoms with Crippen molar-refractivity contribution < 1.29 is 31.0 Å². The number of aromatic nitrogens is 1. The van der Waals surface area contributed by atoms with Gasteiger partial charge in [0.05, 0.1) is 26.5 Å². The lowest BCUT2D eigenvalue weighted by atomic mass is 9.91. The summed E-state index contributed by atoms with van der Waals surface area (Å²) in [5.41, 5.74) is -0.958. The smallest absolute Gasteiger partial charge is 0.371 e. The molecule has 1 saturated carbocycles. The van der Waals surface area contributed by atoms with Crippen LogP contribution >= 0.6 is 0 Å². The molecule has 1 aliphatic carbocycles. The summed E-state index contributed by atoms with van der Waals surface area (Å²) in [5, 5.41) is 2.45. The van der Waals surface area contributed by atoms with Crippen LogP contribution in [0.3, 0.4) is 0 Å². The SMILES string of the molecule is Cc1c(C(=O)Nc2ccnc([S@](C)(=N)=O)c2)c(N2CCCC(F)(F)CC2)cc(C2CC2)c1C(F)(F)F. The van der Waals surface area contributed by atoms with E-state index < -0.39 is 39.7 Å². The van der Waals surface area contributed by atoms with Gasteiger partial charge in [-0.1, -0.05) is 0 Å². The van der Waals surface area contributed by atoms with E-state index in [1.165, 1.54) is 31.3 Å². The number of hydrogen-bond acceptors (Lipinski definition) is 5. The van der Waals surface area contributed by atoms with Crippen LogP contribution in [0.4, 0.5) is 33.3 Å². The summed E-state index contributed by atoms with van der Waals surface area (Å²) in [6.07, 6.45) is -1.78. The van der Waals surface area contributed by atoms with E-state index in [9.17, 15) is 31.0 Å². The Hall–Kier alpha value is -2.76. The van der Waals surface area contributed by atoms with Gasteiger partial charge in [0.1, 0.15) is 5.03 Å². The van der Waals surface area contributed by atoms with Gasteiger partial charge < -0.3 is 10.2 Å². The third kappa shape index (κ3) is 5.63. The normalized spacial score (nSPS) is 19.9. The van der Waals surface area contributed by atoms with Gasteiger partial charge in [-0.3, -0.25) is 4.79 Å². The number of halogens is 5. The van der Waals surface area contributed by atoms with Crippen LogP contribution in [0.1, 0.15) is 65.1 Å². The van der Waals surface area contributed by atoms with Crippen molar-refractivity contribution in [3.63, 3.8) is 0 Å². The predicted octanol–water partition coefficient (Wildman–Crippen LogP) is 6.20. The van der Waals surface area contributed by atoms with E-state index in [0.717, 1.165) is 6.26 Å². The van der Waals surface area contributed by atoms with Crippen molar-refractivity contribution >= 4 is 27.0 Å². The highest BCUT2D eigenvalue weighted by Crippen LogP contribution is 2.50. The first-order valence-electron chi connectivity index (χ1n) is 11.6. The van der Waals surface area contributed by atoms with Crippen LogP contribution in [0.2, 0.25) is 0 Å². The third-order valence-electron chi connectivity index (χ3n) is 6.57. The average molecular weight is 531 g/mol. The molecule has 1 saturated heterocycles. The van der Waals surface area contributed by atoms with Crippen LogP contribution in [0, 0.1) is 11.7 Å². The standard InChI is InChI=1S/C24H27F5N4O2S/c1-14-20(22(34)32-16-6-9-31-19(12-16)36(2,30)35)18(33-10-3-7-23(25,26)8-11-33)13-17(15-4-5-15)21(14)24(27,28)29/h6,9,12-13,15,30H,3-5,7-8,10-11H2,1-2H3,(H,31,32,34)/t36-/m1/s1. The van der Waals surface area contributed by atoms with Gasteiger partial charge >= 0.3 is 6.18 Å². The average Bonchev–Trinajstić information content (AvgIpc) is 3.60. The van der Waals surface area contributed by atoms with E-state index >= 15 is 0 Å². The first-order chi connectivity index (χ1) is 16.7. The van der Waals surface area contributed by atoms with E-state index in [1.807, 2.05) is 0 Å². The van der Waals surface area contributed by atoms with Crippen LogP contribution in [0.15, 0.2) is 29.4 Å². The maximum absolute atomic E-state index is 14.2. The van der Waals surface area contributed by atoms with Gasteiger partial charge in [0.25, 0.3) is 5.91 Å². The molecule has 2 N–H and O–H groups in total. The lowest BCUT2D eigenvalue weighted by Crippen LogP contribution is -2.30. The van der Waals surface area contributed by atoms with Gasteiger partial charge in [-0.25, -0.2) is 22.8 Å². The zero-order valence-electron chi connectivity index (χ0n) is 19.8. The quantitative estimate of drug-likeness (QED) is 0.451. The molecule has 0 bridgehead atoms. The molecule has 1 aromatic carbocycles. The Balaban J connectivity index is 1.83. The molecule has 1 aromatic heterocycles. The van der Waals surface area contributed by atoms with Crippen molar-refractivity contribution in [1.82, 2.24) is 4.98 Å². The monoisotopic (exact) mass is 530 g/mol. The highest BCUT2D eigenvalue weighted by Gasteiger charge is 2.43. The predicted molar refractivity (Wildman–Crippen MR) is 126 cm³/mol. The molecule has 2 heterocycles. The molecule has 1 amide bonds. The van der Waals surface area contributed by atoms with Crippen molar-refractivity contribution in [2.45, 2.75) is 62.1 Å². The fraction of sp³-hybridized carbons (Fsp3) is 0.500. The fourth-order valence-corrected chi connectivity index (χ4v) is 5.27. The van der Waals surface area contributed by atoms with Crippen molar-refractivity contribution in [3.05, 3.63) is 46.6 Å². The second-order valence-corrected chi connectivity index (χ2v) is 11.6. The second-order valence-electron chi connectivity index (χ2n) is 9.51. The number of carbonyl (C=O) groups is 1. The molecule has 36 heavy (non-hydrogen) atoms. The molecule has 2 aromatic rings. The Morgan fingerprint density at radius 1 is 1.22 bits per heavy atom. The highest BCUT2D eigenvalue weighted by atomic mass is 32.2. The second kappa shape index (κ2) is 9.28. The summed E-state index contributed by atoms with van der Waals surface area (Å²) in [7, 11) is -3.20. The van der Waals surface area contributed by atoms with Crippen molar-refractivity contribution in [2.75, 3.05) is 29.6 Å². The van der Waals surface area contributed by atoms with E-state index in [4.69, 9.17) is 4.78 Å². The minimum atomic E-state index is -4.70. The molecule has 0 unspecified atom stereocenters. The molecule has 1 aliphatic heterocycles. The van der Waals surface area contributed by atoms with Gasteiger partial charge in [0.2, 0.25) is 5.92 Å². The molecule has 2 aliphatic rings. The number of pyridine rings is 1. The molecule has 1 atom stereocenters. The Morgan fingerprint density at radius 3 is 2.53 bits per heavy atom. The van der Waals surface area contributed by atoms with Crippen LogP contribution in [-0.4, -0.2) is 40.4 Å². The number of benzene rings is 1. The molecular weight excluding hydrogens is 503 g/mol. The lowest BCUT2D eigenvalue weighted by molar-refractivity contribution is -0.138. The summed E-state index contributed by atoms with van der Waals surface area (Å²) in [6, 6.07) is 3.96. The summed E-state index contributed by atoms with van der Waals surface area (Å²) >= 11 is 0. The number of rotatable bonds is 5. The van der Waals surface area contributed by atoms with Gasteiger partial charge in [-0.05, 0) is 61.4 Å². The number of hydrogen-bond donors (Lipinski definition) is 2. The maximum atomic E-state index is 14.2. The van der Waals surface area contributed by atoms with E-state index in [1.54, 1.807) is 4.90 Å². The zero-order chi connectivity index (χ0) is 26.5. The first kappa shape index (κ1) is 26.3. The molecule has 0 radical (unpaired) electrons. The summed E-state index contributed by atoms with van der Waals surface area (Å²) in [5.74, 6) is -4.02. The first-order valence-corrected chi connectivity index (χ1v) is 13.5. The Bertz CT molecular complexity index is 1290. The molecular formula is C24H27F5N4O2S. The van der Waals surface area contributed by atoms with Gasteiger partial charge in [-0.15, -0.1) is 0 Å². The number of carbonyl (C=O) groups excluding carboxylic acids is 1.